The van der Waals surface area contributed by atoms with Crippen LogP contribution in [0.25, 0.3) is 0 Å². The van der Waals surface area contributed by atoms with E-state index in [0.717, 1.165) is 17.8 Å². The van der Waals surface area contributed by atoms with E-state index in [1.165, 1.54) is 6.07 Å². The van der Waals surface area contributed by atoms with E-state index >= 15 is 0 Å². The molecular formula is C18H21ClN6O. The molecule has 136 valence electrons. The van der Waals surface area contributed by atoms with Gasteiger partial charge in [0.1, 0.15) is 0 Å². The fourth-order valence-corrected chi connectivity index (χ4v) is 2.80. The Morgan fingerprint density at radius 1 is 1.38 bits per heavy atom. The van der Waals surface area contributed by atoms with Crippen molar-refractivity contribution in [3.05, 3.63) is 69.6 Å². The normalized spacial score (nSPS) is 12.1. The molecular weight excluding hydrogens is 352 g/mol. The molecule has 0 aromatic carbocycles. The highest BCUT2D eigenvalue weighted by Gasteiger charge is 2.13. The second kappa shape index (κ2) is 8.14. The van der Waals surface area contributed by atoms with E-state index < -0.39 is 0 Å². The number of hydrogen-bond acceptors (Lipinski definition) is 5. The first-order valence-electron chi connectivity index (χ1n) is 8.41. The summed E-state index contributed by atoms with van der Waals surface area (Å²) in [6.45, 7) is 3.31. The van der Waals surface area contributed by atoms with Crippen molar-refractivity contribution in [1.29, 1.82) is 0 Å². The first kappa shape index (κ1) is 18.1. The van der Waals surface area contributed by atoms with Crippen LogP contribution in [0.3, 0.4) is 0 Å². The van der Waals surface area contributed by atoms with Crippen LogP contribution in [0.5, 0.6) is 0 Å². The number of rotatable bonds is 7. The van der Waals surface area contributed by atoms with Gasteiger partial charge in [0.15, 0.2) is 0 Å². The van der Waals surface area contributed by atoms with E-state index in [1.807, 2.05) is 37.1 Å². The second-order valence-electron chi connectivity index (χ2n) is 6.27. The summed E-state index contributed by atoms with van der Waals surface area (Å²) in [5.41, 5.74) is 1.56. The van der Waals surface area contributed by atoms with Gasteiger partial charge in [0.25, 0.3) is 5.56 Å². The molecule has 0 fully saturated rings. The lowest BCUT2D eigenvalue weighted by atomic mass is 10.1. The molecule has 3 rings (SSSR count). The van der Waals surface area contributed by atoms with Gasteiger partial charge in [-0.3, -0.25) is 19.4 Å². The van der Waals surface area contributed by atoms with Crippen molar-refractivity contribution >= 4 is 17.5 Å². The number of nitrogens with zero attached hydrogens (tertiary/aromatic N) is 5. The Balaban J connectivity index is 1.71. The SMILES string of the molecule is CC(Cn1cc(Cl)cn1)c1cc(=O)[nH]c(N(C)CCc2ccccn2)n1. The van der Waals surface area contributed by atoms with Crippen molar-refractivity contribution in [3.63, 3.8) is 0 Å². The average Bonchev–Trinajstić information content (AvgIpc) is 3.04. The summed E-state index contributed by atoms with van der Waals surface area (Å²) < 4.78 is 1.75. The zero-order valence-corrected chi connectivity index (χ0v) is 15.5. The molecule has 0 amide bonds. The summed E-state index contributed by atoms with van der Waals surface area (Å²) in [6, 6.07) is 7.37. The molecule has 3 aromatic rings. The van der Waals surface area contributed by atoms with Gasteiger partial charge in [0.05, 0.1) is 16.9 Å². The Morgan fingerprint density at radius 2 is 2.23 bits per heavy atom. The highest BCUT2D eigenvalue weighted by atomic mass is 35.5. The third-order valence-corrected chi connectivity index (χ3v) is 4.30. The van der Waals surface area contributed by atoms with Crippen LogP contribution in [0.4, 0.5) is 5.95 Å². The number of anilines is 1. The zero-order valence-electron chi connectivity index (χ0n) is 14.8. The molecule has 1 N–H and O–H groups in total. The van der Waals surface area contributed by atoms with E-state index in [9.17, 15) is 4.79 Å². The van der Waals surface area contributed by atoms with E-state index in [0.29, 0.717) is 24.1 Å². The third-order valence-electron chi connectivity index (χ3n) is 4.11. The van der Waals surface area contributed by atoms with Crippen LogP contribution < -0.4 is 10.5 Å². The Labute approximate surface area is 156 Å². The summed E-state index contributed by atoms with van der Waals surface area (Å²) >= 11 is 5.90. The Bertz CT molecular complexity index is 907. The molecule has 3 heterocycles. The maximum atomic E-state index is 12.1. The fourth-order valence-electron chi connectivity index (χ4n) is 2.64. The quantitative estimate of drug-likeness (QED) is 0.689. The van der Waals surface area contributed by atoms with Crippen LogP contribution in [0, 0.1) is 0 Å². The molecule has 1 unspecified atom stereocenters. The van der Waals surface area contributed by atoms with E-state index in [4.69, 9.17) is 11.6 Å². The summed E-state index contributed by atoms with van der Waals surface area (Å²) in [7, 11) is 1.91. The van der Waals surface area contributed by atoms with Crippen molar-refractivity contribution in [1.82, 2.24) is 24.7 Å². The van der Waals surface area contributed by atoms with Crippen molar-refractivity contribution in [2.75, 3.05) is 18.5 Å². The van der Waals surface area contributed by atoms with Gasteiger partial charge in [-0.25, -0.2) is 4.98 Å². The molecule has 0 saturated heterocycles. The fraction of sp³-hybridized carbons (Fsp3) is 0.333. The lowest BCUT2D eigenvalue weighted by Crippen LogP contribution is -2.26. The van der Waals surface area contributed by atoms with Gasteiger partial charge in [0.2, 0.25) is 5.95 Å². The molecule has 0 aliphatic carbocycles. The minimum atomic E-state index is -0.167. The second-order valence-corrected chi connectivity index (χ2v) is 6.70. The number of halogens is 1. The number of nitrogens with one attached hydrogen (secondary N) is 1. The Morgan fingerprint density at radius 3 is 2.92 bits per heavy atom. The van der Waals surface area contributed by atoms with Gasteiger partial charge in [-0.2, -0.15) is 5.10 Å². The van der Waals surface area contributed by atoms with Crippen LogP contribution in [0.2, 0.25) is 5.02 Å². The van der Waals surface area contributed by atoms with Crippen molar-refractivity contribution in [2.24, 2.45) is 0 Å². The molecule has 3 aromatic heterocycles. The van der Waals surface area contributed by atoms with Crippen LogP contribution in [-0.4, -0.2) is 38.3 Å². The molecule has 8 heteroatoms. The highest BCUT2D eigenvalue weighted by molar-refractivity contribution is 6.30. The number of aromatic amines is 1. The maximum Gasteiger partial charge on any atom is 0.252 e. The number of pyridine rings is 1. The molecule has 0 bridgehead atoms. The Kier molecular flexibility index (Phi) is 5.68. The molecule has 0 spiro atoms. The van der Waals surface area contributed by atoms with Crippen molar-refractivity contribution in [2.45, 2.75) is 25.8 Å². The van der Waals surface area contributed by atoms with Gasteiger partial charge in [0, 0.05) is 56.6 Å². The number of hydrogen-bond donors (Lipinski definition) is 1. The average molecular weight is 373 g/mol. The Hall–Kier alpha value is -2.67. The molecule has 0 radical (unpaired) electrons. The van der Waals surface area contributed by atoms with Gasteiger partial charge < -0.3 is 4.90 Å². The number of H-pyrrole nitrogens is 1. The summed E-state index contributed by atoms with van der Waals surface area (Å²) in [6.07, 6.45) is 5.90. The molecule has 1 atom stereocenters. The first-order chi connectivity index (χ1) is 12.5. The maximum absolute atomic E-state index is 12.1. The molecule has 0 saturated carbocycles. The third kappa shape index (κ3) is 4.70. The predicted octanol–water partition coefficient (Wildman–Crippen LogP) is 2.50. The van der Waals surface area contributed by atoms with Gasteiger partial charge in [-0.1, -0.05) is 24.6 Å². The van der Waals surface area contributed by atoms with Crippen LogP contribution in [0.15, 0.2) is 47.7 Å². The number of aromatic nitrogens is 5. The monoisotopic (exact) mass is 372 g/mol. The van der Waals surface area contributed by atoms with E-state index in [-0.39, 0.29) is 11.5 Å². The van der Waals surface area contributed by atoms with Crippen molar-refractivity contribution < 1.29 is 0 Å². The highest BCUT2D eigenvalue weighted by Crippen LogP contribution is 2.17. The summed E-state index contributed by atoms with van der Waals surface area (Å²) in [5, 5.41) is 4.77. The van der Waals surface area contributed by atoms with Gasteiger partial charge in [-0.05, 0) is 12.1 Å². The topological polar surface area (TPSA) is 79.7 Å². The van der Waals surface area contributed by atoms with Crippen LogP contribution >= 0.6 is 11.6 Å². The zero-order chi connectivity index (χ0) is 18.5. The van der Waals surface area contributed by atoms with E-state index in [2.05, 4.69) is 20.1 Å². The lowest BCUT2D eigenvalue weighted by Gasteiger charge is -2.19. The van der Waals surface area contributed by atoms with Gasteiger partial charge in [-0.15, -0.1) is 0 Å². The smallest absolute Gasteiger partial charge is 0.252 e. The standard InChI is InChI=1S/C18H21ClN6O/c1-13(11-25-12-14(19)10-21-25)16-9-17(26)23-18(22-16)24(2)8-6-15-5-3-4-7-20-15/h3-5,7,9-10,12-13H,6,8,11H2,1-2H3,(H,22,23,26). The van der Waals surface area contributed by atoms with Gasteiger partial charge >= 0.3 is 0 Å². The molecule has 0 aliphatic heterocycles. The van der Waals surface area contributed by atoms with E-state index in [1.54, 1.807) is 23.3 Å². The van der Waals surface area contributed by atoms with Crippen molar-refractivity contribution in [3.8, 4) is 0 Å². The minimum Gasteiger partial charge on any atom is -0.345 e. The predicted molar refractivity (Wildman–Crippen MR) is 102 cm³/mol. The lowest BCUT2D eigenvalue weighted by molar-refractivity contribution is 0.533. The minimum absolute atomic E-state index is 0.0243. The molecule has 7 nitrogen and oxygen atoms in total. The van der Waals surface area contributed by atoms with Crippen LogP contribution in [0.1, 0.15) is 24.2 Å². The molecule has 0 aliphatic rings. The molecule has 26 heavy (non-hydrogen) atoms. The number of likely N-dealkylation sites (N-methyl/N-ethyl adjacent to an activating group) is 1. The largest absolute Gasteiger partial charge is 0.345 e. The van der Waals surface area contributed by atoms with Crippen LogP contribution in [-0.2, 0) is 13.0 Å². The first-order valence-corrected chi connectivity index (χ1v) is 8.79. The summed E-state index contributed by atoms with van der Waals surface area (Å²) in [4.78, 5) is 25.7. The summed E-state index contributed by atoms with van der Waals surface area (Å²) in [5.74, 6) is 0.574.